The van der Waals surface area contributed by atoms with Crippen LogP contribution < -0.4 is 5.73 Å². The molecule has 0 atom stereocenters. The maximum Gasteiger partial charge on any atom is 0.333 e. The van der Waals surface area contributed by atoms with Crippen LogP contribution in [0, 0.1) is 5.92 Å². The lowest BCUT2D eigenvalue weighted by molar-refractivity contribution is -0.139. The molecule has 0 aliphatic rings. The molecular weight excluding hydrogens is 166 g/mol. The van der Waals surface area contributed by atoms with Crippen molar-refractivity contribution in [3.63, 3.8) is 0 Å². The monoisotopic (exact) mass is 185 g/mol. The van der Waals surface area contributed by atoms with Crippen molar-refractivity contribution in [2.24, 2.45) is 11.7 Å². The van der Waals surface area contributed by atoms with E-state index in [1.54, 1.807) is 0 Å². The number of rotatable bonds is 6. The van der Waals surface area contributed by atoms with Crippen molar-refractivity contribution in [2.45, 2.75) is 26.7 Å². The molecule has 0 rings (SSSR count). The Balaban J connectivity index is 4.00. The van der Waals surface area contributed by atoms with Gasteiger partial charge in [0.15, 0.2) is 0 Å². The smallest absolute Gasteiger partial charge is 0.333 e. The van der Waals surface area contributed by atoms with Crippen LogP contribution in [-0.2, 0) is 9.53 Å². The summed E-state index contributed by atoms with van der Waals surface area (Å²) in [6.07, 6.45) is 1.85. The van der Waals surface area contributed by atoms with E-state index in [9.17, 15) is 4.79 Å². The van der Waals surface area contributed by atoms with Gasteiger partial charge >= 0.3 is 5.97 Å². The van der Waals surface area contributed by atoms with E-state index in [0.717, 1.165) is 12.8 Å². The normalized spacial score (nSPS) is 10.2. The first-order valence-corrected chi connectivity index (χ1v) is 4.73. The zero-order chi connectivity index (χ0) is 10.3. The first-order valence-electron chi connectivity index (χ1n) is 4.73. The predicted molar refractivity (Wildman–Crippen MR) is 53.2 cm³/mol. The molecule has 0 saturated carbocycles. The Morgan fingerprint density at radius 2 is 2.00 bits per heavy atom. The highest BCUT2D eigenvalue weighted by molar-refractivity contribution is 5.88. The second-order valence-corrected chi connectivity index (χ2v) is 2.96. The topological polar surface area (TPSA) is 52.3 Å². The van der Waals surface area contributed by atoms with E-state index in [1.807, 2.05) is 13.8 Å². The molecule has 3 heteroatoms. The summed E-state index contributed by atoms with van der Waals surface area (Å²) >= 11 is 0. The van der Waals surface area contributed by atoms with Crippen LogP contribution in [0.25, 0.3) is 0 Å². The van der Waals surface area contributed by atoms with Crippen LogP contribution in [0.2, 0.25) is 0 Å². The molecule has 2 N–H and O–H groups in total. The first kappa shape index (κ1) is 12.2. The molecular formula is C10H19NO2. The van der Waals surface area contributed by atoms with Crippen molar-refractivity contribution < 1.29 is 9.53 Å². The quantitative estimate of drug-likeness (QED) is 0.503. The molecule has 13 heavy (non-hydrogen) atoms. The van der Waals surface area contributed by atoms with Crippen molar-refractivity contribution in [3.05, 3.63) is 12.2 Å². The average Bonchev–Trinajstić information content (AvgIpc) is 2.15. The van der Waals surface area contributed by atoms with E-state index in [2.05, 4.69) is 6.58 Å². The van der Waals surface area contributed by atoms with Gasteiger partial charge in [0.1, 0.15) is 6.61 Å². The van der Waals surface area contributed by atoms with E-state index in [1.165, 1.54) is 0 Å². The molecule has 0 spiro atoms. The fraction of sp³-hybridized carbons (Fsp3) is 0.700. The molecule has 0 aliphatic heterocycles. The Labute approximate surface area is 79.9 Å². The molecule has 0 aliphatic carbocycles. The number of nitrogens with two attached hydrogens (primary N) is 1. The maximum absolute atomic E-state index is 11.3. The third-order valence-electron chi connectivity index (χ3n) is 2.09. The van der Waals surface area contributed by atoms with Crippen molar-refractivity contribution >= 4 is 5.97 Å². The van der Waals surface area contributed by atoms with Gasteiger partial charge in [0.25, 0.3) is 0 Å². The van der Waals surface area contributed by atoms with E-state index in [4.69, 9.17) is 10.5 Å². The zero-order valence-corrected chi connectivity index (χ0v) is 8.51. The highest BCUT2D eigenvalue weighted by atomic mass is 16.5. The third-order valence-corrected chi connectivity index (χ3v) is 2.09. The summed E-state index contributed by atoms with van der Waals surface area (Å²) in [6.45, 7) is 8.45. The van der Waals surface area contributed by atoms with Gasteiger partial charge < -0.3 is 10.5 Å². The van der Waals surface area contributed by atoms with Crippen LogP contribution >= 0.6 is 0 Å². The summed E-state index contributed by atoms with van der Waals surface area (Å²) in [7, 11) is 0. The number of hydrogen-bond acceptors (Lipinski definition) is 3. The standard InChI is InChI=1S/C10H19NO2/c1-4-9(5-2)8(3)10(12)13-7-6-11/h9H,3-7,11H2,1-2H3. The van der Waals surface area contributed by atoms with E-state index in [-0.39, 0.29) is 18.5 Å². The van der Waals surface area contributed by atoms with Gasteiger partial charge in [-0.1, -0.05) is 20.4 Å². The van der Waals surface area contributed by atoms with Gasteiger partial charge in [0.2, 0.25) is 0 Å². The molecule has 0 aromatic carbocycles. The fourth-order valence-electron chi connectivity index (χ4n) is 1.19. The number of carbonyl (C=O) groups is 1. The van der Waals surface area contributed by atoms with Gasteiger partial charge in [-0.25, -0.2) is 4.79 Å². The summed E-state index contributed by atoms with van der Waals surface area (Å²) in [5.41, 5.74) is 5.78. The molecule has 0 saturated heterocycles. The van der Waals surface area contributed by atoms with Crippen LogP contribution in [-0.4, -0.2) is 19.1 Å². The second-order valence-electron chi connectivity index (χ2n) is 2.96. The molecule has 0 amide bonds. The first-order chi connectivity index (χ1) is 6.17. The SMILES string of the molecule is C=C(C(=O)OCCN)C(CC)CC. The fourth-order valence-corrected chi connectivity index (χ4v) is 1.19. The molecule has 0 fully saturated rings. The Morgan fingerprint density at radius 1 is 1.46 bits per heavy atom. The molecule has 0 radical (unpaired) electrons. The summed E-state index contributed by atoms with van der Waals surface area (Å²) < 4.78 is 4.87. The lowest BCUT2D eigenvalue weighted by Crippen LogP contribution is -2.18. The molecule has 0 aromatic rings. The molecule has 76 valence electrons. The Morgan fingerprint density at radius 3 is 2.38 bits per heavy atom. The average molecular weight is 185 g/mol. The zero-order valence-electron chi connectivity index (χ0n) is 8.51. The minimum Gasteiger partial charge on any atom is -0.461 e. The van der Waals surface area contributed by atoms with Crippen LogP contribution in [0.15, 0.2) is 12.2 Å². The Bertz CT molecular complexity index is 174. The van der Waals surface area contributed by atoms with Crippen molar-refractivity contribution in [2.75, 3.05) is 13.2 Å². The number of carbonyl (C=O) groups excluding carboxylic acids is 1. The van der Waals surface area contributed by atoms with Crippen molar-refractivity contribution in [1.29, 1.82) is 0 Å². The van der Waals surface area contributed by atoms with Crippen LogP contribution in [0.1, 0.15) is 26.7 Å². The minimum atomic E-state index is -0.306. The Kier molecular flexibility index (Phi) is 6.24. The predicted octanol–water partition coefficient (Wildman–Crippen LogP) is 1.48. The van der Waals surface area contributed by atoms with Crippen molar-refractivity contribution in [3.8, 4) is 0 Å². The van der Waals surface area contributed by atoms with Crippen LogP contribution in [0.3, 0.4) is 0 Å². The lowest BCUT2D eigenvalue weighted by Gasteiger charge is -2.14. The molecule has 0 unspecified atom stereocenters. The molecule has 0 aromatic heterocycles. The second kappa shape index (κ2) is 6.66. The summed E-state index contributed by atoms with van der Waals surface area (Å²) in [5.74, 6) is -0.0653. The molecule has 3 nitrogen and oxygen atoms in total. The van der Waals surface area contributed by atoms with Gasteiger partial charge in [-0.3, -0.25) is 0 Å². The van der Waals surface area contributed by atoms with Gasteiger partial charge in [-0.15, -0.1) is 0 Å². The summed E-state index contributed by atoms with van der Waals surface area (Å²) in [6, 6.07) is 0. The lowest BCUT2D eigenvalue weighted by atomic mass is 9.95. The maximum atomic E-state index is 11.3. The molecule has 0 bridgehead atoms. The summed E-state index contributed by atoms with van der Waals surface area (Å²) in [4.78, 5) is 11.3. The van der Waals surface area contributed by atoms with Gasteiger partial charge in [0, 0.05) is 12.1 Å². The van der Waals surface area contributed by atoms with E-state index in [0.29, 0.717) is 12.1 Å². The van der Waals surface area contributed by atoms with Gasteiger partial charge in [-0.05, 0) is 18.8 Å². The summed E-state index contributed by atoms with van der Waals surface area (Å²) in [5, 5.41) is 0. The molecule has 0 heterocycles. The number of esters is 1. The minimum absolute atomic E-state index is 0.241. The van der Waals surface area contributed by atoms with Gasteiger partial charge in [-0.2, -0.15) is 0 Å². The van der Waals surface area contributed by atoms with Crippen LogP contribution in [0.5, 0.6) is 0 Å². The number of hydrogen-bond donors (Lipinski definition) is 1. The van der Waals surface area contributed by atoms with Crippen LogP contribution in [0.4, 0.5) is 0 Å². The largest absolute Gasteiger partial charge is 0.461 e. The van der Waals surface area contributed by atoms with E-state index < -0.39 is 0 Å². The third kappa shape index (κ3) is 4.08. The Hall–Kier alpha value is -0.830. The van der Waals surface area contributed by atoms with Crippen molar-refractivity contribution in [1.82, 2.24) is 0 Å². The highest BCUT2D eigenvalue weighted by Crippen LogP contribution is 2.17. The van der Waals surface area contributed by atoms with E-state index >= 15 is 0 Å². The number of ether oxygens (including phenoxy) is 1. The highest BCUT2D eigenvalue weighted by Gasteiger charge is 2.16. The van der Waals surface area contributed by atoms with Gasteiger partial charge in [0.05, 0.1) is 0 Å².